The lowest BCUT2D eigenvalue weighted by molar-refractivity contribution is 0.0935. The molecule has 0 aliphatic carbocycles. The van der Waals surface area contributed by atoms with E-state index in [1.54, 1.807) is 6.07 Å². The Morgan fingerprint density at radius 1 is 1.52 bits per heavy atom. The molecule has 1 aromatic rings. The Bertz CT molecular complexity index is 537. The number of halogens is 1. The summed E-state index contributed by atoms with van der Waals surface area (Å²) >= 11 is 1.81. The maximum atomic E-state index is 13.9. The molecular formula is C16H20FNO2S. The van der Waals surface area contributed by atoms with Crippen LogP contribution in [0.4, 0.5) is 4.39 Å². The first-order chi connectivity index (χ1) is 10.1. The second kappa shape index (κ2) is 9.43. The molecule has 0 spiro atoms. The topological polar surface area (TPSA) is 49.3 Å². The van der Waals surface area contributed by atoms with Gasteiger partial charge in [-0.3, -0.25) is 4.79 Å². The van der Waals surface area contributed by atoms with Crippen molar-refractivity contribution in [2.45, 2.75) is 26.3 Å². The Kier molecular flexibility index (Phi) is 7.88. The molecule has 0 heterocycles. The van der Waals surface area contributed by atoms with Gasteiger partial charge in [0.1, 0.15) is 12.4 Å². The van der Waals surface area contributed by atoms with Crippen LogP contribution in [0.25, 0.3) is 0 Å². The van der Waals surface area contributed by atoms with Crippen molar-refractivity contribution in [1.82, 2.24) is 5.32 Å². The molecule has 0 aromatic heterocycles. The van der Waals surface area contributed by atoms with E-state index in [-0.39, 0.29) is 18.2 Å². The molecule has 1 aromatic carbocycles. The number of amides is 1. The number of thioether (sulfide) groups is 1. The molecule has 0 saturated carbocycles. The average Bonchev–Trinajstić information content (AvgIpc) is 2.45. The van der Waals surface area contributed by atoms with Crippen molar-refractivity contribution in [2.75, 3.05) is 18.1 Å². The van der Waals surface area contributed by atoms with Gasteiger partial charge in [-0.2, -0.15) is 11.8 Å². The van der Waals surface area contributed by atoms with Crippen molar-refractivity contribution in [3.8, 4) is 11.8 Å². The highest BCUT2D eigenvalue weighted by molar-refractivity contribution is 7.99. The quantitative estimate of drug-likeness (QED) is 0.627. The van der Waals surface area contributed by atoms with Gasteiger partial charge in [-0.15, -0.1) is 0 Å². The fourth-order valence-electron chi connectivity index (χ4n) is 1.70. The van der Waals surface area contributed by atoms with Crippen LogP contribution in [0.2, 0.25) is 0 Å². The van der Waals surface area contributed by atoms with Gasteiger partial charge in [-0.1, -0.05) is 18.8 Å². The molecule has 1 unspecified atom stereocenters. The van der Waals surface area contributed by atoms with Crippen LogP contribution in [-0.2, 0) is 0 Å². The highest BCUT2D eigenvalue weighted by Gasteiger charge is 2.14. The summed E-state index contributed by atoms with van der Waals surface area (Å²) in [6, 6.07) is 4.19. The number of hydrogen-bond acceptors (Lipinski definition) is 3. The highest BCUT2D eigenvalue weighted by Crippen LogP contribution is 2.11. The second-order valence-corrected chi connectivity index (χ2v) is 5.91. The number of benzene rings is 1. The lowest BCUT2D eigenvalue weighted by Crippen LogP contribution is -2.33. The number of carbonyl (C=O) groups is 1. The van der Waals surface area contributed by atoms with Crippen molar-refractivity contribution in [3.05, 3.63) is 35.1 Å². The van der Waals surface area contributed by atoms with E-state index in [9.17, 15) is 9.18 Å². The predicted molar refractivity (Wildman–Crippen MR) is 84.9 cm³/mol. The summed E-state index contributed by atoms with van der Waals surface area (Å²) in [4.78, 5) is 12.0. The van der Waals surface area contributed by atoms with E-state index in [1.807, 2.05) is 18.7 Å². The zero-order valence-corrected chi connectivity index (χ0v) is 13.1. The number of rotatable bonds is 6. The van der Waals surface area contributed by atoms with Crippen LogP contribution in [0.3, 0.4) is 0 Å². The minimum Gasteiger partial charge on any atom is -0.384 e. The summed E-state index contributed by atoms with van der Waals surface area (Å²) in [6.07, 6.45) is 0.853. The molecular weight excluding hydrogens is 289 g/mol. The number of carbonyl (C=O) groups excluding carboxylic acids is 1. The van der Waals surface area contributed by atoms with Crippen LogP contribution in [0.5, 0.6) is 0 Å². The SMILES string of the molecule is CCSCCC(C)NC(=O)c1ccc(C#CCO)cc1F. The third kappa shape index (κ3) is 6.19. The molecule has 0 bridgehead atoms. The molecule has 0 fully saturated rings. The summed E-state index contributed by atoms with van der Waals surface area (Å²) in [5.41, 5.74) is 0.449. The van der Waals surface area contributed by atoms with E-state index in [1.165, 1.54) is 12.1 Å². The minimum atomic E-state index is -0.604. The van der Waals surface area contributed by atoms with E-state index in [0.717, 1.165) is 17.9 Å². The molecule has 1 amide bonds. The maximum Gasteiger partial charge on any atom is 0.254 e. The molecule has 1 atom stereocenters. The predicted octanol–water partition coefficient (Wildman–Crippen LogP) is 2.43. The molecule has 5 heteroatoms. The third-order valence-corrected chi connectivity index (χ3v) is 3.73. The van der Waals surface area contributed by atoms with Gasteiger partial charge in [0.2, 0.25) is 0 Å². The Labute approximate surface area is 129 Å². The van der Waals surface area contributed by atoms with Gasteiger partial charge >= 0.3 is 0 Å². The molecule has 0 aliphatic heterocycles. The van der Waals surface area contributed by atoms with Gasteiger partial charge in [0.25, 0.3) is 5.91 Å². The largest absolute Gasteiger partial charge is 0.384 e. The zero-order valence-electron chi connectivity index (χ0n) is 12.3. The molecule has 114 valence electrons. The standard InChI is InChI=1S/C16H20FNO2S/c1-3-21-10-8-12(2)18-16(20)14-7-6-13(5-4-9-19)11-15(14)17/h6-7,11-12,19H,3,8-10H2,1-2H3,(H,18,20). The van der Waals surface area contributed by atoms with Crippen LogP contribution >= 0.6 is 11.8 Å². The Hall–Kier alpha value is -1.51. The van der Waals surface area contributed by atoms with E-state index >= 15 is 0 Å². The summed E-state index contributed by atoms with van der Waals surface area (Å²) < 4.78 is 13.9. The number of aliphatic hydroxyl groups is 1. The van der Waals surface area contributed by atoms with Crippen LogP contribution in [-0.4, -0.2) is 35.2 Å². The molecule has 1 rings (SSSR count). The van der Waals surface area contributed by atoms with Crippen molar-refractivity contribution >= 4 is 17.7 Å². The van der Waals surface area contributed by atoms with Crippen molar-refractivity contribution in [1.29, 1.82) is 0 Å². The summed E-state index contributed by atoms with van der Waals surface area (Å²) in [6.45, 7) is 3.72. The van der Waals surface area contributed by atoms with Gasteiger partial charge in [0.15, 0.2) is 0 Å². The van der Waals surface area contributed by atoms with Crippen molar-refractivity contribution in [3.63, 3.8) is 0 Å². The molecule has 0 saturated heterocycles. The molecule has 2 N–H and O–H groups in total. The van der Waals surface area contributed by atoms with Gasteiger partial charge in [0.05, 0.1) is 5.56 Å². The van der Waals surface area contributed by atoms with E-state index in [0.29, 0.717) is 5.56 Å². The van der Waals surface area contributed by atoms with Crippen LogP contribution in [0.15, 0.2) is 18.2 Å². The number of aliphatic hydroxyl groups excluding tert-OH is 1. The molecule has 0 aliphatic rings. The first-order valence-corrected chi connectivity index (χ1v) is 8.01. The van der Waals surface area contributed by atoms with Gasteiger partial charge < -0.3 is 10.4 Å². The zero-order chi connectivity index (χ0) is 15.7. The fourth-order valence-corrected chi connectivity index (χ4v) is 2.51. The maximum absolute atomic E-state index is 13.9. The van der Waals surface area contributed by atoms with Crippen LogP contribution in [0, 0.1) is 17.7 Å². The second-order valence-electron chi connectivity index (χ2n) is 4.51. The first-order valence-electron chi connectivity index (χ1n) is 6.86. The summed E-state index contributed by atoms with van der Waals surface area (Å²) in [5.74, 6) is 6.04. The van der Waals surface area contributed by atoms with E-state index < -0.39 is 11.7 Å². The van der Waals surface area contributed by atoms with Crippen molar-refractivity contribution in [2.24, 2.45) is 0 Å². The normalized spacial score (nSPS) is 11.4. The van der Waals surface area contributed by atoms with Crippen LogP contribution in [0.1, 0.15) is 36.2 Å². The highest BCUT2D eigenvalue weighted by atomic mass is 32.2. The monoisotopic (exact) mass is 309 g/mol. The van der Waals surface area contributed by atoms with E-state index in [4.69, 9.17) is 5.11 Å². The average molecular weight is 309 g/mol. The number of hydrogen-bond donors (Lipinski definition) is 2. The minimum absolute atomic E-state index is 0.00445. The smallest absolute Gasteiger partial charge is 0.254 e. The lowest BCUT2D eigenvalue weighted by Gasteiger charge is -2.13. The molecule has 3 nitrogen and oxygen atoms in total. The Morgan fingerprint density at radius 3 is 2.90 bits per heavy atom. The first kappa shape index (κ1) is 17.5. The lowest BCUT2D eigenvalue weighted by atomic mass is 10.1. The molecule has 21 heavy (non-hydrogen) atoms. The summed E-state index contributed by atoms with van der Waals surface area (Å²) in [7, 11) is 0. The van der Waals surface area contributed by atoms with Gasteiger partial charge in [-0.25, -0.2) is 4.39 Å². The molecule has 0 radical (unpaired) electrons. The van der Waals surface area contributed by atoms with Crippen molar-refractivity contribution < 1.29 is 14.3 Å². The third-order valence-electron chi connectivity index (χ3n) is 2.80. The fraction of sp³-hybridized carbons (Fsp3) is 0.438. The van der Waals surface area contributed by atoms with E-state index in [2.05, 4.69) is 24.1 Å². The Morgan fingerprint density at radius 2 is 2.29 bits per heavy atom. The van der Waals surface area contributed by atoms with Gasteiger partial charge in [-0.05, 0) is 43.0 Å². The van der Waals surface area contributed by atoms with Gasteiger partial charge in [0, 0.05) is 11.6 Å². The van der Waals surface area contributed by atoms with Crippen LogP contribution < -0.4 is 5.32 Å². The summed E-state index contributed by atoms with van der Waals surface area (Å²) in [5, 5.41) is 11.4. The number of nitrogens with one attached hydrogen (secondary N) is 1. The Balaban J connectivity index is 2.66.